The zero-order chi connectivity index (χ0) is 15.5. The average Bonchev–Trinajstić information content (AvgIpc) is 2.44. The molecule has 0 saturated carbocycles. The molecule has 0 amide bonds. The van der Waals surface area contributed by atoms with E-state index in [2.05, 4.69) is 62.2 Å². The van der Waals surface area contributed by atoms with Crippen LogP contribution >= 0.6 is 0 Å². The highest BCUT2D eigenvalue weighted by Gasteiger charge is 2.26. The van der Waals surface area contributed by atoms with Crippen LogP contribution in [0.4, 0.5) is 5.69 Å². The lowest BCUT2D eigenvalue weighted by Gasteiger charge is -2.38. The molecule has 2 atom stereocenters. The van der Waals surface area contributed by atoms with Crippen LogP contribution in [-0.4, -0.2) is 42.5 Å². The van der Waals surface area contributed by atoms with Crippen LogP contribution in [0, 0.1) is 0 Å². The van der Waals surface area contributed by atoms with Crippen molar-refractivity contribution in [2.24, 2.45) is 0 Å². The van der Waals surface area contributed by atoms with Gasteiger partial charge in [-0.25, -0.2) is 0 Å². The van der Waals surface area contributed by atoms with Gasteiger partial charge in [-0.1, -0.05) is 18.2 Å². The molecular weight excluding hydrogens is 264 g/mol. The molecule has 0 radical (unpaired) electrons. The van der Waals surface area contributed by atoms with Crippen LogP contribution in [-0.2, 0) is 11.3 Å². The molecule has 1 aromatic rings. The van der Waals surface area contributed by atoms with Gasteiger partial charge in [0.15, 0.2) is 0 Å². The van der Waals surface area contributed by atoms with E-state index in [9.17, 15) is 5.11 Å². The van der Waals surface area contributed by atoms with Crippen molar-refractivity contribution in [2.75, 3.05) is 24.6 Å². The zero-order valence-electron chi connectivity index (χ0n) is 13.6. The molecule has 118 valence electrons. The summed E-state index contributed by atoms with van der Waals surface area (Å²) < 4.78 is 5.73. The molecule has 1 saturated heterocycles. The van der Waals surface area contributed by atoms with E-state index in [1.807, 2.05) is 0 Å². The number of para-hydroxylation sites is 1. The Hall–Kier alpha value is -1.10. The molecule has 1 aliphatic heterocycles. The summed E-state index contributed by atoms with van der Waals surface area (Å²) in [5, 5.41) is 12.9. The van der Waals surface area contributed by atoms with Crippen molar-refractivity contribution in [1.29, 1.82) is 0 Å². The Morgan fingerprint density at radius 2 is 2.00 bits per heavy atom. The molecule has 4 heteroatoms. The van der Waals surface area contributed by atoms with Gasteiger partial charge in [0.05, 0.1) is 18.8 Å². The third-order valence-corrected chi connectivity index (χ3v) is 3.67. The molecule has 2 rings (SSSR count). The van der Waals surface area contributed by atoms with E-state index < -0.39 is 0 Å². The smallest absolute Gasteiger partial charge is 0.0984 e. The largest absolute Gasteiger partial charge is 0.394 e. The second-order valence-corrected chi connectivity index (χ2v) is 6.89. The predicted molar refractivity (Wildman–Crippen MR) is 86.7 cm³/mol. The number of morpholine rings is 1. The van der Waals surface area contributed by atoms with Crippen LogP contribution in [0.1, 0.15) is 33.3 Å². The third kappa shape index (κ3) is 4.70. The first-order valence-corrected chi connectivity index (χ1v) is 7.73. The highest BCUT2D eigenvalue weighted by Crippen LogP contribution is 2.25. The summed E-state index contributed by atoms with van der Waals surface area (Å²) in [7, 11) is 0. The Balaban J connectivity index is 2.15. The van der Waals surface area contributed by atoms with Crippen LogP contribution in [0.2, 0.25) is 0 Å². The number of hydrogen-bond acceptors (Lipinski definition) is 4. The Labute approximate surface area is 128 Å². The molecule has 0 spiro atoms. The maximum atomic E-state index is 9.39. The van der Waals surface area contributed by atoms with Gasteiger partial charge < -0.3 is 20.1 Å². The van der Waals surface area contributed by atoms with Crippen LogP contribution in [0.25, 0.3) is 0 Å². The fourth-order valence-electron chi connectivity index (χ4n) is 2.67. The fourth-order valence-corrected chi connectivity index (χ4v) is 2.67. The van der Waals surface area contributed by atoms with E-state index in [1.54, 1.807) is 0 Å². The van der Waals surface area contributed by atoms with Gasteiger partial charge in [-0.15, -0.1) is 0 Å². The first kappa shape index (κ1) is 16.3. The molecule has 1 aromatic carbocycles. The zero-order valence-corrected chi connectivity index (χ0v) is 13.6. The number of anilines is 1. The summed E-state index contributed by atoms with van der Waals surface area (Å²) in [4.78, 5) is 2.33. The number of aliphatic hydroxyl groups is 1. The van der Waals surface area contributed by atoms with Crippen LogP contribution < -0.4 is 10.2 Å². The standard InChI is InChI=1S/C17H28N2O2/c1-13-10-19(11-15(12-20)21-13)16-8-6-5-7-14(16)9-18-17(2,3)4/h5-8,13,15,18,20H,9-12H2,1-4H3. The van der Waals surface area contributed by atoms with E-state index in [1.165, 1.54) is 11.3 Å². The molecule has 0 aromatic heterocycles. The maximum Gasteiger partial charge on any atom is 0.0984 e. The molecule has 21 heavy (non-hydrogen) atoms. The van der Waals surface area contributed by atoms with Crippen molar-refractivity contribution in [1.82, 2.24) is 5.32 Å². The quantitative estimate of drug-likeness (QED) is 0.892. The number of hydrogen-bond donors (Lipinski definition) is 2. The molecular formula is C17H28N2O2. The molecule has 0 aliphatic carbocycles. The summed E-state index contributed by atoms with van der Waals surface area (Å²) in [6.07, 6.45) is 0.0388. The number of rotatable bonds is 4. The van der Waals surface area contributed by atoms with Crippen molar-refractivity contribution in [3.05, 3.63) is 29.8 Å². The third-order valence-electron chi connectivity index (χ3n) is 3.67. The summed E-state index contributed by atoms with van der Waals surface area (Å²) >= 11 is 0. The number of nitrogens with one attached hydrogen (secondary N) is 1. The first-order chi connectivity index (χ1) is 9.89. The maximum absolute atomic E-state index is 9.39. The van der Waals surface area contributed by atoms with Crippen LogP contribution in [0.5, 0.6) is 0 Å². The van der Waals surface area contributed by atoms with Crippen LogP contribution in [0.15, 0.2) is 24.3 Å². The Morgan fingerprint density at radius 1 is 1.29 bits per heavy atom. The Kier molecular flexibility index (Phi) is 5.25. The minimum atomic E-state index is -0.0996. The fraction of sp³-hybridized carbons (Fsp3) is 0.647. The van der Waals surface area contributed by atoms with Gasteiger partial charge in [0.2, 0.25) is 0 Å². The highest BCUT2D eigenvalue weighted by atomic mass is 16.5. The lowest BCUT2D eigenvalue weighted by atomic mass is 10.1. The number of benzene rings is 1. The summed E-state index contributed by atoms with van der Waals surface area (Å²) in [5.74, 6) is 0. The first-order valence-electron chi connectivity index (χ1n) is 7.73. The summed E-state index contributed by atoms with van der Waals surface area (Å²) in [5.41, 5.74) is 2.63. The molecule has 1 aliphatic rings. The minimum Gasteiger partial charge on any atom is -0.394 e. The molecule has 0 bridgehead atoms. The van der Waals surface area contributed by atoms with Crippen molar-refractivity contribution < 1.29 is 9.84 Å². The van der Waals surface area contributed by atoms with Crippen molar-refractivity contribution in [3.8, 4) is 0 Å². The topological polar surface area (TPSA) is 44.7 Å². The summed E-state index contributed by atoms with van der Waals surface area (Å²) in [6, 6.07) is 8.48. The second kappa shape index (κ2) is 6.77. The monoisotopic (exact) mass is 292 g/mol. The normalized spacial score (nSPS) is 23.4. The number of aliphatic hydroxyl groups excluding tert-OH is 1. The lowest BCUT2D eigenvalue weighted by molar-refractivity contribution is -0.0421. The lowest BCUT2D eigenvalue weighted by Crippen LogP contribution is -2.48. The minimum absolute atomic E-state index is 0.0727. The second-order valence-electron chi connectivity index (χ2n) is 6.89. The van der Waals surface area contributed by atoms with Gasteiger partial charge in [-0.05, 0) is 39.3 Å². The summed E-state index contributed by atoms with van der Waals surface area (Å²) in [6.45, 7) is 11.1. The molecule has 2 N–H and O–H groups in total. The number of nitrogens with zero attached hydrogens (tertiary/aromatic N) is 1. The van der Waals surface area contributed by atoms with E-state index in [0.717, 1.165) is 19.6 Å². The van der Waals surface area contributed by atoms with Crippen molar-refractivity contribution in [3.63, 3.8) is 0 Å². The van der Waals surface area contributed by atoms with E-state index in [0.29, 0.717) is 0 Å². The van der Waals surface area contributed by atoms with Gasteiger partial charge in [-0.3, -0.25) is 0 Å². The van der Waals surface area contributed by atoms with Gasteiger partial charge in [0.25, 0.3) is 0 Å². The Bertz CT molecular complexity index is 456. The van der Waals surface area contributed by atoms with Gasteiger partial charge >= 0.3 is 0 Å². The van der Waals surface area contributed by atoms with Gasteiger partial charge in [0.1, 0.15) is 0 Å². The molecule has 4 nitrogen and oxygen atoms in total. The molecule has 1 heterocycles. The SMILES string of the molecule is CC1CN(c2ccccc2CNC(C)(C)C)CC(CO)O1. The van der Waals surface area contributed by atoms with Crippen molar-refractivity contribution in [2.45, 2.75) is 52.0 Å². The molecule has 2 unspecified atom stereocenters. The van der Waals surface area contributed by atoms with E-state index in [-0.39, 0.29) is 24.4 Å². The highest BCUT2D eigenvalue weighted by molar-refractivity contribution is 5.54. The predicted octanol–water partition coefficient (Wildman–Crippen LogP) is 2.16. The van der Waals surface area contributed by atoms with Crippen molar-refractivity contribution >= 4 is 5.69 Å². The molecule has 1 fully saturated rings. The average molecular weight is 292 g/mol. The van der Waals surface area contributed by atoms with Gasteiger partial charge in [0, 0.05) is 30.9 Å². The van der Waals surface area contributed by atoms with Crippen LogP contribution in [0.3, 0.4) is 0 Å². The Morgan fingerprint density at radius 3 is 2.67 bits per heavy atom. The number of ether oxygens (including phenoxy) is 1. The van der Waals surface area contributed by atoms with E-state index in [4.69, 9.17) is 4.74 Å². The van der Waals surface area contributed by atoms with Gasteiger partial charge in [-0.2, -0.15) is 0 Å². The van der Waals surface area contributed by atoms with E-state index >= 15 is 0 Å².